The Balaban J connectivity index is 1.66. The van der Waals surface area contributed by atoms with Gasteiger partial charge in [-0.2, -0.15) is 0 Å². The van der Waals surface area contributed by atoms with Crippen LogP contribution in [0.3, 0.4) is 0 Å². The Labute approximate surface area is 206 Å². The molecular weight excluding hydrogens is 437 g/mol. The molecule has 1 atom stereocenters. The average molecular weight is 470 g/mol. The largest absolute Gasteiger partial charge is 0.301 e. The minimum atomic E-state index is -0.298. The number of benzene rings is 3. The molecule has 0 amide bonds. The molecule has 180 valence electrons. The molecule has 3 aromatic carbocycles. The third kappa shape index (κ3) is 4.65. The summed E-state index contributed by atoms with van der Waals surface area (Å²) in [5, 5.41) is 0.527. The molecule has 35 heavy (non-hydrogen) atoms. The number of aryl methyl sites for hydroxylation is 1. The first-order valence-electron chi connectivity index (χ1n) is 12.5. The van der Waals surface area contributed by atoms with E-state index in [0.717, 1.165) is 37.1 Å². The molecule has 0 N–H and O–H groups in total. The molecule has 0 aliphatic carbocycles. The van der Waals surface area contributed by atoms with Crippen LogP contribution >= 0.6 is 0 Å². The smallest absolute Gasteiger partial charge is 0.261 e. The van der Waals surface area contributed by atoms with E-state index in [-0.39, 0.29) is 11.4 Å². The van der Waals surface area contributed by atoms with Gasteiger partial charge in [0, 0.05) is 30.3 Å². The lowest BCUT2D eigenvalue weighted by Crippen LogP contribution is -2.42. The first-order valence-corrected chi connectivity index (χ1v) is 12.5. The third-order valence-electron chi connectivity index (χ3n) is 7.25. The van der Waals surface area contributed by atoms with Crippen LogP contribution in [0.4, 0.5) is 4.39 Å². The predicted molar refractivity (Wildman–Crippen MR) is 141 cm³/mol. The van der Waals surface area contributed by atoms with Gasteiger partial charge in [-0.3, -0.25) is 9.36 Å². The van der Waals surface area contributed by atoms with Crippen molar-refractivity contribution in [1.29, 1.82) is 0 Å². The standard InChI is InChI=1S/C30H32FN3O/c1-20(2)33-16-8-10-22(18-33)19-34-29(24-11-5-4-9-21(24)3)32-28-15-14-23(17-26(28)30(34)35)25-12-6-7-13-27(25)31/h4-7,9,11-15,17,20,22H,8,10,16,18-19H2,1-3H3/t22-/m0/s1. The molecule has 4 aromatic rings. The Morgan fingerprint density at radius 1 is 1.03 bits per heavy atom. The van der Waals surface area contributed by atoms with Crippen LogP contribution in [0.15, 0.2) is 71.5 Å². The number of likely N-dealkylation sites (tertiary alicyclic amines) is 1. The van der Waals surface area contributed by atoms with Gasteiger partial charge >= 0.3 is 0 Å². The van der Waals surface area contributed by atoms with E-state index in [1.165, 1.54) is 6.07 Å². The highest BCUT2D eigenvalue weighted by Crippen LogP contribution is 2.28. The Bertz CT molecular complexity index is 1430. The lowest BCUT2D eigenvalue weighted by molar-refractivity contribution is 0.130. The van der Waals surface area contributed by atoms with E-state index in [0.29, 0.717) is 46.4 Å². The zero-order valence-electron chi connectivity index (χ0n) is 20.7. The van der Waals surface area contributed by atoms with E-state index in [4.69, 9.17) is 4.98 Å². The molecule has 0 radical (unpaired) electrons. The van der Waals surface area contributed by atoms with Gasteiger partial charge in [-0.05, 0) is 75.4 Å². The van der Waals surface area contributed by atoms with E-state index in [9.17, 15) is 9.18 Å². The minimum Gasteiger partial charge on any atom is -0.301 e. The molecule has 5 rings (SSSR count). The Morgan fingerprint density at radius 3 is 2.51 bits per heavy atom. The third-order valence-corrected chi connectivity index (χ3v) is 7.25. The summed E-state index contributed by atoms with van der Waals surface area (Å²) in [4.78, 5) is 21.5. The molecule has 0 unspecified atom stereocenters. The van der Waals surface area contributed by atoms with Crippen LogP contribution in [0.25, 0.3) is 33.4 Å². The minimum absolute atomic E-state index is 0.0619. The van der Waals surface area contributed by atoms with Crippen LogP contribution in [0.1, 0.15) is 32.3 Å². The maximum atomic E-state index is 14.5. The van der Waals surface area contributed by atoms with Crippen LogP contribution in [0.5, 0.6) is 0 Å². The number of piperidine rings is 1. The fraction of sp³-hybridized carbons (Fsp3) is 0.333. The second-order valence-corrected chi connectivity index (χ2v) is 9.97. The van der Waals surface area contributed by atoms with Crippen molar-refractivity contribution >= 4 is 10.9 Å². The second-order valence-electron chi connectivity index (χ2n) is 9.97. The molecular formula is C30H32FN3O. The SMILES string of the molecule is Cc1ccccc1-c1nc2ccc(-c3ccccc3F)cc2c(=O)n1C[C@H]1CCCN(C(C)C)C1. The van der Waals surface area contributed by atoms with Gasteiger partial charge in [-0.1, -0.05) is 48.5 Å². The number of aromatic nitrogens is 2. The summed E-state index contributed by atoms with van der Waals surface area (Å²) in [6, 6.07) is 20.7. The van der Waals surface area contributed by atoms with Gasteiger partial charge in [-0.15, -0.1) is 0 Å². The van der Waals surface area contributed by atoms with Gasteiger partial charge in [0.2, 0.25) is 0 Å². The van der Waals surface area contributed by atoms with E-state index in [1.807, 2.05) is 41.0 Å². The first kappa shape index (κ1) is 23.4. The van der Waals surface area contributed by atoms with Crippen LogP contribution in [-0.4, -0.2) is 33.6 Å². The van der Waals surface area contributed by atoms with Gasteiger partial charge in [0.05, 0.1) is 10.9 Å². The summed E-state index contributed by atoms with van der Waals surface area (Å²) in [6.07, 6.45) is 2.23. The zero-order chi connectivity index (χ0) is 24.5. The summed E-state index contributed by atoms with van der Waals surface area (Å²) in [5.74, 6) is 0.786. The van der Waals surface area contributed by atoms with E-state index < -0.39 is 0 Å². The van der Waals surface area contributed by atoms with Crippen molar-refractivity contribution < 1.29 is 4.39 Å². The van der Waals surface area contributed by atoms with Crippen molar-refractivity contribution in [2.24, 2.45) is 5.92 Å². The summed E-state index contributed by atoms with van der Waals surface area (Å²) in [5.41, 5.74) is 3.81. The summed E-state index contributed by atoms with van der Waals surface area (Å²) in [7, 11) is 0. The van der Waals surface area contributed by atoms with Crippen molar-refractivity contribution in [2.75, 3.05) is 13.1 Å². The number of rotatable bonds is 5. The van der Waals surface area contributed by atoms with Gasteiger partial charge in [0.15, 0.2) is 0 Å². The highest BCUT2D eigenvalue weighted by atomic mass is 19.1. The zero-order valence-corrected chi connectivity index (χ0v) is 20.7. The maximum absolute atomic E-state index is 14.5. The van der Waals surface area contributed by atoms with E-state index in [2.05, 4.69) is 31.7 Å². The Kier molecular flexibility index (Phi) is 6.52. The number of fused-ring (bicyclic) bond motifs is 1. The van der Waals surface area contributed by atoms with Crippen LogP contribution in [-0.2, 0) is 6.54 Å². The molecule has 2 heterocycles. The predicted octanol–water partition coefficient (Wildman–Crippen LogP) is 6.30. The molecule has 5 heteroatoms. The van der Waals surface area contributed by atoms with Crippen molar-refractivity contribution in [1.82, 2.24) is 14.5 Å². The van der Waals surface area contributed by atoms with Gasteiger partial charge < -0.3 is 4.90 Å². The molecule has 1 aliphatic heterocycles. The Hall–Kier alpha value is -3.31. The highest BCUT2D eigenvalue weighted by molar-refractivity contribution is 5.85. The summed E-state index contributed by atoms with van der Waals surface area (Å²) in [6.45, 7) is 9.22. The monoisotopic (exact) mass is 469 g/mol. The molecule has 4 nitrogen and oxygen atoms in total. The number of halogens is 1. The quantitative estimate of drug-likeness (QED) is 0.344. The normalized spacial score (nSPS) is 16.8. The lowest BCUT2D eigenvalue weighted by atomic mass is 9.96. The molecule has 1 aromatic heterocycles. The van der Waals surface area contributed by atoms with Gasteiger partial charge in [0.1, 0.15) is 11.6 Å². The van der Waals surface area contributed by atoms with Gasteiger partial charge in [0.25, 0.3) is 5.56 Å². The molecule has 1 aliphatic rings. The first-order chi connectivity index (χ1) is 16.9. The van der Waals surface area contributed by atoms with Gasteiger partial charge in [-0.25, -0.2) is 9.37 Å². The fourth-order valence-corrected chi connectivity index (χ4v) is 5.26. The fourth-order valence-electron chi connectivity index (χ4n) is 5.26. The molecule has 1 saturated heterocycles. The molecule has 0 spiro atoms. The molecule has 0 bridgehead atoms. The average Bonchev–Trinajstić information content (AvgIpc) is 2.86. The highest BCUT2D eigenvalue weighted by Gasteiger charge is 2.24. The number of nitrogens with zero attached hydrogens (tertiary/aromatic N) is 3. The molecule has 0 saturated carbocycles. The molecule has 1 fully saturated rings. The van der Waals surface area contributed by atoms with Crippen molar-refractivity contribution in [3.8, 4) is 22.5 Å². The summed E-state index contributed by atoms with van der Waals surface area (Å²) < 4.78 is 16.4. The summed E-state index contributed by atoms with van der Waals surface area (Å²) >= 11 is 0. The van der Waals surface area contributed by atoms with Crippen molar-refractivity contribution in [3.05, 3.63) is 88.5 Å². The van der Waals surface area contributed by atoms with E-state index in [1.54, 1.807) is 18.2 Å². The van der Waals surface area contributed by atoms with Crippen molar-refractivity contribution in [2.45, 2.75) is 46.2 Å². The van der Waals surface area contributed by atoms with Crippen molar-refractivity contribution in [3.63, 3.8) is 0 Å². The van der Waals surface area contributed by atoms with Crippen LogP contribution in [0.2, 0.25) is 0 Å². The second kappa shape index (κ2) is 9.74. The number of hydrogen-bond donors (Lipinski definition) is 0. The van der Waals surface area contributed by atoms with Crippen LogP contribution < -0.4 is 5.56 Å². The Morgan fingerprint density at radius 2 is 1.77 bits per heavy atom. The topological polar surface area (TPSA) is 38.1 Å². The number of hydrogen-bond acceptors (Lipinski definition) is 3. The van der Waals surface area contributed by atoms with Crippen LogP contribution in [0, 0.1) is 18.7 Å². The maximum Gasteiger partial charge on any atom is 0.261 e. The lowest BCUT2D eigenvalue weighted by Gasteiger charge is -2.36. The van der Waals surface area contributed by atoms with E-state index >= 15 is 0 Å².